The molecule has 6 nitrogen and oxygen atoms in total. The van der Waals surface area contributed by atoms with Gasteiger partial charge in [-0.3, -0.25) is 4.72 Å². The first kappa shape index (κ1) is 15.1. The number of aryl methyl sites for hydroxylation is 1. The summed E-state index contributed by atoms with van der Waals surface area (Å²) in [6.45, 7) is 1.80. The third-order valence-corrected chi connectivity index (χ3v) is 4.30. The van der Waals surface area contributed by atoms with Crippen molar-refractivity contribution in [2.75, 3.05) is 24.2 Å². The number of ether oxygens (including phenoxy) is 1. The highest BCUT2D eigenvalue weighted by Crippen LogP contribution is 2.25. The molecule has 0 fully saturated rings. The SMILES string of the molecule is CNc1cccnc1S(=O)(=O)Nc1ccc(OC)cc1C. The molecule has 21 heavy (non-hydrogen) atoms. The smallest absolute Gasteiger partial charge is 0.281 e. The molecule has 2 aromatic rings. The predicted molar refractivity (Wildman–Crippen MR) is 82.3 cm³/mol. The average Bonchev–Trinajstić information content (AvgIpc) is 2.49. The number of rotatable bonds is 5. The van der Waals surface area contributed by atoms with Gasteiger partial charge in [0.25, 0.3) is 10.0 Å². The fourth-order valence-electron chi connectivity index (χ4n) is 1.87. The molecule has 0 atom stereocenters. The van der Waals surface area contributed by atoms with Crippen molar-refractivity contribution in [2.45, 2.75) is 11.9 Å². The zero-order chi connectivity index (χ0) is 15.5. The minimum atomic E-state index is -3.76. The van der Waals surface area contributed by atoms with E-state index in [1.807, 2.05) is 0 Å². The molecule has 1 aromatic heterocycles. The van der Waals surface area contributed by atoms with Crippen molar-refractivity contribution in [1.29, 1.82) is 0 Å². The van der Waals surface area contributed by atoms with Gasteiger partial charge in [-0.2, -0.15) is 8.42 Å². The van der Waals surface area contributed by atoms with Crippen LogP contribution in [-0.4, -0.2) is 27.6 Å². The van der Waals surface area contributed by atoms with Crippen LogP contribution >= 0.6 is 0 Å². The van der Waals surface area contributed by atoms with Gasteiger partial charge in [-0.05, 0) is 42.8 Å². The number of anilines is 2. The molecule has 0 amide bonds. The summed E-state index contributed by atoms with van der Waals surface area (Å²) in [4.78, 5) is 3.94. The Hall–Kier alpha value is -2.28. The van der Waals surface area contributed by atoms with Crippen molar-refractivity contribution in [3.63, 3.8) is 0 Å². The number of aromatic nitrogens is 1. The Morgan fingerprint density at radius 1 is 1.19 bits per heavy atom. The zero-order valence-corrected chi connectivity index (χ0v) is 12.9. The molecule has 0 aliphatic heterocycles. The van der Waals surface area contributed by atoms with Gasteiger partial charge in [0.1, 0.15) is 5.75 Å². The summed E-state index contributed by atoms with van der Waals surface area (Å²) in [6, 6.07) is 8.44. The standard InChI is InChI=1S/C14H17N3O3S/c1-10-9-11(20-3)6-7-12(10)17-21(18,19)14-13(15-2)5-4-8-16-14/h4-9,15,17H,1-3H3. The summed E-state index contributed by atoms with van der Waals surface area (Å²) in [5, 5.41) is 2.78. The summed E-state index contributed by atoms with van der Waals surface area (Å²) in [5.74, 6) is 0.671. The highest BCUT2D eigenvalue weighted by molar-refractivity contribution is 7.92. The lowest BCUT2D eigenvalue weighted by atomic mass is 10.2. The van der Waals surface area contributed by atoms with Crippen molar-refractivity contribution >= 4 is 21.4 Å². The molecule has 1 aromatic carbocycles. The van der Waals surface area contributed by atoms with Crippen molar-refractivity contribution in [3.8, 4) is 5.75 Å². The number of benzene rings is 1. The normalized spacial score (nSPS) is 11.0. The van der Waals surface area contributed by atoms with Gasteiger partial charge in [-0.1, -0.05) is 0 Å². The van der Waals surface area contributed by atoms with Crippen molar-refractivity contribution < 1.29 is 13.2 Å². The molecule has 0 saturated heterocycles. The Bertz CT molecular complexity index is 745. The molecule has 0 spiro atoms. The summed E-state index contributed by atoms with van der Waals surface area (Å²) in [6.07, 6.45) is 1.44. The molecular formula is C14H17N3O3S. The van der Waals surface area contributed by atoms with E-state index in [4.69, 9.17) is 4.74 Å². The Morgan fingerprint density at radius 3 is 2.57 bits per heavy atom. The number of sulfonamides is 1. The quantitative estimate of drug-likeness (QED) is 0.885. The summed E-state index contributed by atoms with van der Waals surface area (Å²) in [7, 11) is -0.554. The van der Waals surface area contributed by atoms with E-state index in [1.165, 1.54) is 6.20 Å². The van der Waals surface area contributed by atoms with Crippen LogP contribution in [0.1, 0.15) is 5.56 Å². The molecule has 2 N–H and O–H groups in total. The first-order valence-electron chi connectivity index (χ1n) is 6.28. The van der Waals surface area contributed by atoms with E-state index in [2.05, 4.69) is 15.0 Å². The van der Waals surface area contributed by atoms with Crippen LogP contribution in [-0.2, 0) is 10.0 Å². The summed E-state index contributed by atoms with van der Waals surface area (Å²) >= 11 is 0. The van der Waals surface area contributed by atoms with Gasteiger partial charge >= 0.3 is 0 Å². The molecule has 2 rings (SSSR count). The van der Waals surface area contributed by atoms with Crippen LogP contribution in [0.15, 0.2) is 41.6 Å². The molecule has 0 radical (unpaired) electrons. The maximum absolute atomic E-state index is 12.4. The fourth-order valence-corrected chi connectivity index (χ4v) is 3.14. The van der Waals surface area contributed by atoms with Crippen LogP contribution in [0.5, 0.6) is 5.75 Å². The second-order valence-electron chi connectivity index (χ2n) is 4.39. The number of nitrogens with zero attached hydrogens (tertiary/aromatic N) is 1. The van der Waals surface area contributed by atoms with Crippen LogP contribution in [0.4, 0.5) is 11.4 Å². The van der Waals surface area contributed by atoms with E-state index in [-0.39, 0.29) is 5.03 Å². The summed E-state index contributed by atoms with van der Waals surface area (Å²) < 4.78 is 32.5. The largest absolute Gasteiger partial charge is 0.497 e. The van der Waals surface area contributed by atoms with Gasteiger partial charge in [0, 0.05) is 13.2 Å². The molecule has 0 saturated carbocycles. The minimum absolute atomic E-state index is 0.0391. The van der Waals surface area contributed by atoms with Crippen LogP contribution in [0.25, 0.3) is 0 Å². The lowest BCUT2D eigenvalue weighted by Gasteiger charge is -2.13. The second kappa shape index (κ2) is 6.01. The minimum Gasteiger partial charge on any atom is -0.497 e. The lowest BCUT2D eigenvalue weighted by molar-refractivity contribution is 0.414. The predicted octanol–water partition coefficient (Wildman–Crippen LogP) is 2.24. The fraction of sp³-hybridized carbons (Fsp3) is 0.214. The number of pyridine rings is 1. The molecule has 0 aliphatic carbocycles. The molecule has 112 valence electrons. The summed E-state index contributed by atoms with van der Waals surface area (Å²) in [5.41, 5.74) is 1.69. The third-order valence-electron chi connectivity index (χ3n) is 2.97. The van der Waals surface area contributed by atoms with E-state index < -0.39 is 10.0 Å². The first-order valence-corrected chi connectivity index (χ1v) is 7.76. The maximum atomic E-state index is 12.4. The Balaban J connectivity index is 2.38. The van der Waals surface area contributed by atoms with Gasteiger partial charge in [0.15, 0.2) is 5.03 Å². The number of nitrogens with one attached hydrogen (secondary N) is 2. The van der Waals surface area contributed by atoms with Crippen molar-refractivity contribution in [3.05, 3.63) is 42.1 Å². The molecule has 0 unspecified atom stereocenters. The van der Waals surface area contributed by atoms with Crippen LogP contribution in [0.3, 0.4) is 0 Å². The van der Waals surface area contributed by atoms with Gasteiger partial charge in [0.2, 0.25) is 0 Å². The first-order chi connectivity index (χ1) is 9.97. The molecule has 1 heterocycles. The van der Waals surface area contributed by atoms with Crippen LogP contribution < -0.4 is 14.8 Å². The molecule has 0 bridgehead atoms. The zero-order valence-electron chi connectivity index (χ0n) is 12.0. The topological polar surface area (TPSA) is 80.3 Å². The monoisotopic (exact) mass is 307 g/mol. The van der Waals surface area contributed by atoms with E-state index in [0.717, 1.165) is 5.56 Å². The van der Waals surface area contributed by atoms with Crippen molar-refractivity contribution in [1.82, 2.24) is 4.98 Å². The van der Waals surface area contributed by atoms with Crippen LogP contribution in [0, 0.1) is 6.92 Å². The molecular weight excluding hydrogens is 290 g/mol. The highest BCUT2D eigenvalue weighted by atomic mass is 32.2. The Morgan fingerprint density at radius 2 is 1.95 bits per heavy atom. The van der Waals surface area contributed by atoms with E-state index in [0.29, 0.717) is 17.1 Å². The Kier molecular flexibility index (Phi) is 4.32. The number of hydrogen-bond acceptors (Lipinski definition) is 5. The van der Waals surface area contributed by atoms with E-state index >= 15 is 0 Å². The Labute approximate surface area is 124 Å². The average molecular weight is 307 g/mol. The van der Waals surface area contributed by atoms with Gasteiger partial charge in [-0.15, -0.1) is 0 Å². The molecule has 0 aliphatic rings. The van der Waals surface area contributed by atoms with E-state index in [9.17, 15) is 8.42 Å². The van der Waals surface area contributed by atoms with Gasteiger partial charge in [-0.25, -0.2) is 4.98 Å². The van der Waals surface area contributed by atoms with Crippen LogP contribution in [0.2, 0.25) is 0 Å². The van der Waals surface area contributed by atoms with Gasteiger partial charge in [0.05, 0.1) is 18.5 Å². The van der Waals surface area contributed by atoms with Gasteiger partial charge < -0.3 is 10.1 Å². The number of methoxy groups -OCH3 is 1. The lowest BCUT2D eigenvalue weighted by Crippen LogP contribution is -2.16. The maximum Gasteiger partial charge on any atom is 0.281 e. The third kappa shape index (κ3) is 3.25. The molecule has 7 heteroatoms. The number of hydrogen-bond donors (Lipinski definition) is 2. The van der Waals surface area contributed by atoms with E-state index in [1.54, 1.807) is 51.4 Å². The highest BCUT2D eigenvalue weighted by Gasteiger charge is 2.20. The van der Waals surface area contributed by atoms with Crippen molar-refractivity contribution in [2.24, 2.45) is 0 Å². The second-order valence-corrected chi connectivity index (χ2v) is 5.99.